The third-order valence-corrected chi connectivity index (χ3v) is 1.66. The Labute approximate surface area is 82.1 Å². The second kappa shape index (κ2) is 5.23. The lowest BCUT2D eigenvalue weighted by molar-refractivity contribution is 0.292. The van der Waals surface area contributed by atoms with Gasteiger partial charge in [0.2, 0.25) is 5.75 Å². The minimum absolute atomic E-state index is 0.135. The van der Waals surface area contributed by atoms with Gasteiger partial charge in [-0.1, -0.05) is 0 Å². The summed E-state index contributed by atoms with van der Waals surface area (Å²) in [5.41, 5.74) is 5.57. The molecule has 0 fully saturated rings. The standard InChI is InChI=1S/C8H14N4O2/c1-14-6-7(9)11-5-12-8(6)10-3-2-4-13/h5,13H,2-4H2,1H3,(H3,9,10,11,12). The average molecular weight is 198 g/mol. The van der Waals surface area contributed by atoms with Crippen molar-refractivity contribution in [2.24, 2.45) is 0 Å². The summed E-state index contributed by atoms with van der Waals surface area (Å²) < 4.78 is 5.03. The van der Waals surface area contributed by atoms with E-state index in [-0.39, 0.29) is 6.61 Å². The Kier molecular flexibility index (Phi) is 3.93. The van der Waals surface area contributed by atoms with Crippen LogP contribution < -0.4 is 15.8 Å². The number of nitrogen functional groups attached to an aromatic ring is 1. The number of hydrogen-bond donors (Lipinski definition) is 3. The summed E-state index contributed by atoms with van der Waals surface area (Å²) in [6.07, 6.45) is 2.01. The molecule has 14 heavy (non-hydrogen) atoms. The van der Waals surface area contributed by atoms with Crippen molar-refractivity contribution in [1.82, 2.24) is 9.97 Å². The average Bonchev–Trinajstić information content (AvgIpc) is 2.18. The molecule has 6 heteroatoms. The van der Waals surface area contributed by atoms with Crippen LogP contribution in [0.15, 0.2) is 6.33 Å². The largest absolute Gasteiger partial charge is 0.490 e. The molecular formula is C8H14N4O2. The Morgan fingerprint density at radius 3 is 3.00 bits per heavy atom. The van der Waals surface area contributed by atoms with Gasteiger partial charge >= 0.3 is 0 Å². The van der Waals surface area contributed by atoms with Gasteiger partial charge in [0, 0.05) is 13.2 Å². The number of nitrogens with one attached hydrogen (secondary N) is 1. The summed E-state index contributed by atoms with van der Waals surface area (Å²) in [6, 6.07) is 0. The van der Waals surface area contributed by atoms with Gasteiger partial charge in [-0.3, -0.25) is 0 Å². The van der Waals surface area contributed by atoms with E-state index >= 15 is 0 Å². The third-order valence-electron chi connectivity index (χ3n) is 1.66. The van der Waals surface area contributed by atoms with Gasteiger partial charge in [-0.05, 0) is 6.42 Å². The van der Waals surface area contributed by atoms with Crippen LogP contribution in [0.4, 0.5) is 11.6 Å². The van der Waals surface area contributed by atoms with Gasteiger partial charge in [0.25, 0.3) is 0 Å². The molecule has 0 bridgehead atoms. The maximum Gasteiger partial charge on any atom is 0.203 e. The molecule has 0 aliphatic heterocycles. The van der Waals surface area contributed by atoms with Crippen LogP contribution in [0.5, 0.6) is 5.75 Å². The normalized spacial score (nSPS) is 9.86. The summed E-state index contributed by atoms with van der Waals surface area (Å²) in [7, 11) is 1.51. The number of nitrogens with zero attached hydrogens (tertiary/aromatic N) is 2. The topological polar surface area (TPSA) is 93.3 Å². The minimum atomic E-state index is 0.135. The fourth-order valence-corrected chi connectivity index (χ4v) is 1.00. The van der Waals surface area contributed by atoms with Crippen molar-refractivity contribution < 1.29 is 9.84 Å². The molecule has 1 aromatic heterocycles. The molecule has 0 amide bonds. The monoisotopic (exact) mass is 198 g/mol. The summed E-state index contributed by atoms with van der Waals surface area (Å²) in [5, 5.41) is 11.6. The molecule has 0 saturated heterocycles. The first-order valence-electron chi connectivity index (χ1n) is 4.28. The van der Waals surface area contributed by atoms with Crippen molar-refractivity contribution in [1.29, 1.82) is 0 Å². The molecule has 4 N–H and O–H groups in total. The SMILES string of the molecule is COc1c(N)ncnc1NCCCO. The van der Waals surface area contributed by atoms with Crippen LogP contribution in [0.2, 0.25) is 0 Å². The lowest BCUT2D eigenvalue weighted by atomic mass is 10.4. The van der Waals surface area contributed by atoms with E-state index in [2.05, 4.69) is 15.3 Å². The fraction of sp³-hybridized carbons (Fsp3) is 0.500. The Morgan fingerprint density at radius 2 is 2.36 bits per heavy atom. The quantitative estimate of drug-likeness (QED) is 0.570. The summed E-state index contributed by atoms with van der Waals surface area (Å²) in [6.45, 7) is 0.749. The number of aromatic nitrogens is 2. The smallest absolute Gasteiger partial charge is 0.203 e. The van der Waals surface area contributed by atoms with E-state index in [0.717, 1.165) is 0 Å². The van der Waals surface area contributed by atoms with Crippen molar-refractivity contribution >= 4 is 11.6 Å². The van der Waals surface area contributed by atoms with E-state index in [1.165, 1.54) is 13.4 Å². The highest BCUT2D eigenvalue weighted by Crippen LogP contribution is 2.25. The van der Waals surface area contributed by atoms with E-state index in [1.807, 2.05) is 0 Å². The Morgan fingerprint density at radius 1 is 1.57 bits per heavy atom. The lowest BCUT2D eigenvalue weighted by Gasteiger charge is -2.09. The molecule has 0 aliphatic carbocycles. The number of anilines is 2. The maximum absolute atomic E-state index is 8.60. The van der Waals surface area contributed by atoms with Crippen molar-refractivity contribution in [3.63, 3.8) is 0 Å². The van der Waals surface area contributed by atoms with Crippen molar-refractivity contribution in [3.8, 4) is 5.75 Å². The van der Waals surface area contributed by atoms with Crippen LogP contribution in [0.1, 0.15) is 6.42 Å². The number of aliphatic hydroxyl groups excluding tert-OH is 1. The number of hydrogen-bond acceptors (Lipinski definition) is 6. The van der Waals surface area contributed by atoms with Crippen LogP contribution in [-0.4, -0.2) is 35.3 Å². The van der Waals surface area contributed by atoms with Gasteiger partial charge in [0.1, 0.15) is 6.33 Å². The summed E-state index contributed by atoms with van der Waals surface area (Å²) >= 11 is 0. The lowest BCUT2D eigenvalue weighted by Crippen LogP contribution is -2.08. The zero-order valence-corrected chi connectivity index (χ0v) is 8.03. The second-order valence-electron chi connectivity index (χ2n) is 2.64. The first-order valence-corrected chi connectivity index (χ1v) is 4.28. The molecule has 0 saturated carbocycles. The number of rotatable bonds is 5. The second-order valence-corrected chi connectivity index (χ2v) is 2.64. The first kappa shape index (κ1) is 10.5. The fourth-order valence-electron chi connectivity index (χ4n) is 1.00. The summed E-state index contributed by atoms with van der Waals surface area (Å²) in [4.78, 5) is 7.76. The number of aliphatic hydroxyl groups is 1. The highest BCUT2D eigenvalue weighted by atomic mass is 16.5. The van der Waals surface area contributed by atoms with Gasteiger partial charge < -0.3 is 20.9 Å². The van der Waals surface area contributed by atoms with Crippen LogP contribution >= 0.6 is 0 Å². The Balaban J connectivity index is 2.70. The number of methoxy groups -OCH3 is 1. The van der Waals surface area contributed by atoms with Crippen LogP contribution in [0, 0.1) is 0 Å². The van der Waals surface area contributed by atoms with Crippen LogP contribution in [-0.2, 0) is 0 Å². The minimum Gasteiger partial charge on any atom is -0.490 e. The predicted octanol–water partition coefficient (Wildman–Crippen LogP) is -0.138. The molecule has 0 atom stereocenters. The Bertz CT molecular complexity index is 293. The van der Waals surface area contributed by atoms with Crippen LogP contribution in [0.25, 0.3) is 0 Å². The van der Waals surface area contributed by atoms with Gasteiger partial charge in [-0.25, -0.2) is 9.97 Å². The molecule has 0 radical (unpaired) electrons. The molecule has 78 valence electrons. The van der Waals surface area contributed by atoms with Gasteiger partial charge in [0.15, 0.2) is 11.6 Å². The molecule has 0 aromatic carbocycles. The first-order chi connectivity index (χ1) is 6.79. The van der Waals surface area contributed by atoms with E-state index in [4.69, 9.17) is 15.6 Å². The molecule has 0 aliphatic rings. The van der Waals surface area contributed by atoms with E-state index in [0.29, 0.717) is 30.4 Å². The molecule has 0 unspecified atom stereocenters. The van der Waals surface area contributed by atoms with Gasteiger partial charge in [0.05, 0.1) is 7.11 Å². The molecule has 1 aromatic rings. The Hall–Kier alpha value is -1.56. The molecular weight excluding hydrogens is 184 g/mol. The zero-order valence-electron chi connectivity index (χ0n) is 8.03. The van der Waals surface area contributed by atoms with E-state index in [1.54, 1.807) is 0 Å². The van der Waals surface area contributed by atoms with Gasteiger partial charge in [-0.15, -0.1) is 0 Å². The molecule has 0 spiro atoms. The van der Waals surface area contributed by atoms with Crippen molar-refractivity contribution in [2.45, 2.75) is 6.42 Å². The maximum atomic E-state index is 8.60. The van der Waals surface area contributed by atoms with Gasteiger partial charge in [-0.2, -0.15) is 0 Å². The molecule has 1 heterocycles. The number of nitrogens with two attached hydrogens (primary N) is 1. The van der Waals surface area contributed by atoms with Crippen molar-refractivity contribution in [2.75, 3.05) is 31.3 Å². The van der Waals surface area contributed by atoms with E-state index in [9.17, 15) is 0 Å². The van der Waals surface area contributed by atoms with Crippen LogP contribution in [0.3, 0.4) is 0 Å². The van der Waals surface area contributed by atoms with E-state index < -0.39 is 0 Å². The third kappa shape index (κ3) is 2.46. The summed E-state index contributed by atoms with van der Waals surface area (Å²) in [5.74, 6) is 1.29. The highest BCUT2D eigenvalue weighted by Gasteiger charge is 2.07. The highest BCUT2D eigenvalue weighted by molar-refractivity contribution is 5.61. The molecule has 6 nitrogen and oxygen atoms in total. The predicted molar refractivity (Wildman–Crippen MR) is 53.2 cm³/mol. The number of ether oxygens (including phenoxy) is 1. The molecule has 1 rings (SSSR count). The zero-order chi connectivity index (χ0) is 10.4. The van der Waals surface area contributed by atoms with Crippen molar-refractivity contribution in [3.05, 3.63) is 6.33 Å².